The zero-order valence-corrected chi connectivity index (χ0v) is 9.24. The summed E-state index contributed by atoms with van der Waals surface area (Å²) >= 11 is 0. The Bertz CT molecular complexity index is 492. The van der Waals surface area contributed by atoms with Gasteiger partial charge in [-0.3, -0.25) is 5.43 Å². The molecule has 0 aliphatic heterocycles. The molecule has 16 heavy (non-hydrogen) atoms. The van der Waals surface area contributed by atoms with E-state index in [0.29, 0.717) is 5.95 Å². The number of aryl methyl sites for hydroxylation is 1. The minimum absolute atomic E-state index is 0.551. The third-order valence-electron chi connectivity index (χ3n) is 2.36. The van der Waals surface area contributed by atoms with E-state index in [-0.39, 0.29) is 0 Å². The van der Waals surface area contributed by atoms with Crippen LogP contribution in [0.2, 0.25) is 0 Å². The molecule has 2 rings (SSSR count). The van der Waals surface area contributed by atoms with Crippen molar-refractivity contribution in [1.29, 1.82) is 0 Å². The molecule has 5 heteroatoms. The van der Waals surface area contributed by atoms with Crippen LogP contribution in [0.1, 0.15) is 5.69 Å². The van der Waals surface area contributed by atoms with Gasteiger partial charge in [-0.15, -0.1) is 0 Å². The number of hydrazine groups is 1. The Labute approximate surface area is 93.6 Å². The molecule has 0 radical (unpaired) electrons. The van der Waals surface area contributed by atoms with Crippen molar-refractivity contribution >= 4 is 5.95 Å². The number of benzene rings is 1. The quantitative estimate of drug-likeness (QED) is 0.541. The van der Waals surface area contributed by atoms with Crippen molar-refractivity contribution in [1.82, 2.24) is 9.97 Å². The van der Waals surface area contributed by atoms with Gasteiger partial charge in [-0.2, -0.15) is 0 Å². The Morgan fingerprint density at radius 2 is 2.25 bits per heavy atom. The lowest BCUT2D eigenvalue weighted by Gasteiger charge is -2.02. The Morgan fingerprint density at radius 3 is 2.88 bits per heavy atom. The Morgan fingerprint density at radius 1 is 1.44 bits per heavy atom. The average Bonchev–Trinajstić information content (AvgIpc) is 2.71. The molecule has 2 aromatic rings. The predicted molar refractivity (Wildman–Crippen MR) is 63.1 cm³/mol. The lowest BCUT2D eigenvalue weighted by molar-refractivity contribution is 0.415. The average molecular weight is 218 g/mol. The van der Waals surface area contributed by atoms with Crippen LogP contribution in [-0.4, -0.2) is 17.1 Å². The number of nitrogens with one attached hydrogen (secondary N) is 2. The largest absolute Gasteiger partial charge is 0.497 e. The summed E-state index contributed by atoms with van der Waals surface area (Å²) in [6.45, 7) is 1.95. The number of nitrogens with zero attached hydrogens (tertiary/aromatic N) is 1. The Kier molecular flexibility index (Phi) is 2.78. The van der Waals surface area contributed by atoms with Crippen molar-refractivity contribution in [2.45, 2.75) is 6.92 Å². The molecule has 0 unspecified atom stereocenters. The first-order valence-corrected chi connectivity index (χ1v) is 4.92. The SMILES string of the molecule is COc1cccc(-c2nc(NN)[nH]c2C)c1. The smallest absolute Gasteiger partial charge is 0.215 e. The maximum absolute atomic E-state index is 5.30. The zero-order chi connectivity index (χ0) is 11.5. The van der Waals surface area contributed by atoms with Gasteiger partial charge in [-0.05, 0) is 19.1 Å². The van der Waals surface area contributed by atoms with E-state index >= 15 is 0 Å². The van der Waals surface area contributed by atoms with Gasteiger partial charge in [0.05, 0.1) is 12.8 Å². The number of hydrogen-bond donors (Lipinski definition) is 3. The van der Waals surface area contributed by atoms with E-state index in [1.54, 1.807) is 7.11 Å². The van der Waals surface area contributed by atoms with Crippen LogP contribution in [0, 0.1) is 6.92 Å². The van der Waals surface area contributed by atoms with E-state index in [4.69, 9.17) is 10.6 Å². The molecular formula is C11H14N4O. The summed E-state index contributed by atoms with van der Waals surface area (Å²) < 4.78 is 5.17. The first-order valence-electron chi connectivity index (χ1n) is 4.92. The molecule has 0 amide bonds. The van der Waals surface area contributed by atoms with E-state index in [9.17, 15) is 0 Å². The molecule has 0 fully saturated rings. The number of nitrogen functional groups attached to an aromatic ring is 1. The minimum atomic E-state index is 0.551. The number of rotatable bonds is 3. The van der Waals surface area contributed by atoms with Crippen LogP contribution in [0.5, 0.6) is 5.75 Å². The highest BCUT2D eigenvalue weighted by Crippen LogP contribution is 2.25. The molecule has 1 heterocycles. The van der Waals surface area contributed by atoms with E-state index in [1.165, 1.54) is 0 Å². The van der Waals surface area contributed by atoms with Crippen LogP contribution in [0.15, 0.2) is 24.3 Å². The van der Waals surface area contributed by atoms with Gasteiger partial charge in [-0.25, -0.2) is 10.8 Å². The standard InChI is InChI=1S/C11H14N4O/c1-7-10(14-11(13-7)15-12)8-4-3-5-9(6-8)16-2/h3-6H,12H2,1-2H3,(H2,13,14,15). The summed E-state index contributed by atoms with van der Waals surface area (Å²) in [5.74, 6) is 6.66. The maximum atomic E-state index is 5.30. The zero-order valence-electron chi connectivity index (χ0n) is 9.24. The summed E-state index contributed by atoms with van der Waals surface area (Å²) in [7, 11) is 1.64. The molecular weight excluding hydrogens is 204 g/mol. The lowest BCUT2D eigenvalue weighted by Crippen LogP contribution is -2.07. The van der Waals surface area contributed by atoms with Crippen molar-refractivity contribution in [2.24, 2.45) is 5.84 Å². The highest BCUT2D eigenvalue weighted by molar-refractivity contribution is 5.65. The lowest BCUT2D eigenvalue weighted by atomic mass is 10.1. The first kappa shape index (κ1) is 10.5. The van der Waals surface area contributed by atoms with Crippen LogP contribution < -0.4 is 16.0 Å². The highest BCUT2D eigenvalue weighted by atomic mass is 16.5. The molecule has 0 bridgehead atoms. The number of aromatic amines is 1. The minimum Gasteiger partial charge on any atom is -0.497 e. The third-order valence-corrected chi connectivity index (χ3v) is 2.36. The van der Waals surface area contributed by atoms with Crippen molar-refractivity contribution in [3.63, 3.8) is 0 Å². The summed E-state index contributed by atoms with van der Waals surface area (Å²) in [5, 5.41) is 0. The monoisotopic (exact) mass is 218 g/mol. The van der Waals surface area contributed by atoms with Gasteiger partial charge in [0.15, 0.2) is 0 Å². The number of ether oxygens (including phenoxy) is 1. The number of imidazole rings is 1. The van der Waals surface area contributed by atoms with Gasteiger partial charge in [0.2, 0.25) is 5.95 Å². The Hall–Kier alpha value is -2.01. The van der Waals surface area contributed by atoms with Crippen molar-refractivity contribution in [3.05, 3.63) is 30.0 Å². The van der Waals surface area contributed by atoms with Gasteiger partial charge >= 0.3 is 0 Å². The first-order chi connectivity index (χ1) is 7.74. The fraction of sp³-hybridized carbons (Fsp3) is 0.182. The summed E-state index contributed by atoms with van der Waals surface area (Å²) in [5.41, 5.74) is 5.31. The number of nitrogens with two attached hydrogens (primary N) is 1. The number of aromatic nitrogens is 2. The molecule has 0 aliphatic rings. The molecule has 4 N–H and O–H groups in total. The normalized spacial score (nSPS) is 10.2. The highest BCUT2D eigenvalue weighted by Gasteiger charge is 2.08. The van der Waals surface area contributed by atoms with Crippen molar-refractivity contribution < 1.29 is 4.74 Å². The van der Waals surface area contributed by atoms with E-state index in [2.05, 4.69) is 15.4 Å². The molecule has 5 nitrogen and oxygen atoms in total. The van der Waals surface area contributed by atoms with Gasteiger partial charge in [0.25, 0.3) is 0 Å². The second kappa shape index (κ2) is 4.24. The second-order valence-corrected chi connectivity index (χ2v) is 3.44. The number of methoxy groups -OCH3 is 1. The molecule has 1 aromatic heterocycles. The van der Waals surface area contributed by atoms with Gasteiger partial charge in [0, 0.05) is 11.3 Å². The summed E-state index contributed by atoms with van der Waals surface area (Å²) in [6.07, 6.45) is 0. The summed E-state index contributed by atoms with van der Waals surface area (Å²) in [4.78, 5) is 7.37. The molecule has 1 aromatic carbocycles. The van der Waals surface area contributed by atoms with Crippen molar-refractivity contribution in [3.8, 4) is 17.0 Å². The van der Waals surface area contributed by atoms with E-state index in [1.807, 2.05) is 31.2 Å². The van der Waals surface area contributed by atoms with Crippen molar-refractivity contribution in [2.75, 3.05) is 12.5 Å². The van der Waals surface area contributed by atoms with Crippen LogP contribution in [-0.2, 0) is 0 Å². The maximum Gasteiger partial charge on any atom is 0.215 e. The second-order valence-electron chi connectivity index (χ2n) is 3.44. The Balaban J connectivity index is 2.45. The van der Waals surface area contributed by atoms with Crippen LogP contribution in [0.4, 0.5) is 5.95 Å². The number of hydrogen-bond acceptors (Lipinski definition) is 4. The van der Waals surface area contributed by atoms with E-state index < -0.39 is 0 Å². The van der Waals surface area contributed by atoms with Gasteiger partial charge < -0.3 is 9.72 Å². The molecule has 0 atom stereocenters. The number of anilines is 1. The van der Waals surface area contributed by atoms with Gasteiger partial charge in [-0.1, -0.05) is 12.1 Å². The summed E-state index contributed by atoms with van der Waals surface area (Å²) in [6, 6.07) is 7.74. The fourth-order valence-corrected chi connectivity index (χ4v) is 1.58. The molecule has 0 saturated carbocycles. The molecule has 0 aliphatic carbocycles. The third kappa shape index (κ3) is 1.85. The van der Waals surface area contributed by atoms with Crippen LogP contribution in [0.25, 0.3) is 11.3 Å². The fourth-order valence-electron chi connectivity index (χ4n) is 1.58. The van der Waals surface area contributed by atoms with E-state index in [0.717, 1.165) is 22.7 Å². The number of H-pyrrole nitrogens is 1. The topological polar surface area (TPSA) is 76.0 Å². The molecule has 84 valence electrons. The molecule has 0 saturated heterocycles. The van der Waals surface area contributed by atoms with Gasteiger partial charge in [0.1, 0.15) is 5.75 Å². The molecule has 0 spiro atoms. The predicted octanol–water partition coefficient (Wildman–Crippen LogP) is 1.68. The van der Waals surface area contributed by atoms with Crippen LogP contribution in [0.3, 0.4) is 0 Å². The van der Waals surface area contributed by atoms with Crippen LogP contribution >= 0.6 is 0 Å².